The number of thioether (sulfide) groups is 1. The van der Waals surface area contributed by atoms with Crippen molar-refractivity contribution in [3.05, 3.63) is 35.6 Å². The molecular weight excluding hydrogens is 718 g/mol. The Labute approximate surface area is 324 Å². The van der Waals surface area contributed by atoms with Crippen LogP contribution in [0.3, 0.4) is 0 Å². The lowest BCUT2D eigenvalue weighted by molar-refractivity contribution is -0.143. The van der Waals surface area contributed by atoms with Gasteiger partial charge < -0.3 is 30.6 Å². The van der Waals surface area contributed by atoms with Crippen LogP contribution in [0.1, 0.15) is 112 Å². The number of nitrogens with one attached hydrogen (secondary N) is 3. The fourth-order valence-electron chi connectivity index (χ4n) is 5.89. The molecule has 0 bridgehead atoms. The number of carbonyl (C=O) groups excluding carboxylic acids is 6. The molecule has 12 nitrogen and oxygen atoms in total. The molecule has 14 heteroatoms. The quantitative estimate of drug-likeness (QED) is 0.0805. The maximum absolute atomic E-state index is 13.9. The van der Waals surface area contributed by atoms with Crippen molar-refractivity contribution in [2.45, 2.75) is 130 Å². The number of carbonyl (C=O) groups is 7. The van der Waals surface area contributed by atoms with E-state index in [1.165, 1.54) is 43.0 Å². The first-order valence-corrected chi connectivity index (χ1v) is 20.2. The first kappa shape index (κ1) is 48.2. The van der Waals surface area contributed by atoms with Crippen molar-refractivity contribution < 1.29 is 47.8 Å². The van der Waals surface area contributed by atoms with E-state index in [9.17, 15) is 43.1 Å². The van der Waals surface area contributed by atoms with Gasteiger partial charge in [-0.05, 0) is 108 Å². The van der Waals surface area contributed by atoms with Gasteiger partial charge in [-0.25, -0.2) is 14.0 Å². The first-order chi connectivity index (χ1) is 25.2. The van der Waals surface area contributed by atoms with E-state index in [-0.39, 0.29) is 74.9 Å². The number of Topliss-reactive ketones (excluding diaryl/α,β-unsaturated/α-hetero) is 3. The van der Waals surface area contributed by atoms with E-state index in [1.54, 1.807) is 20.8 Å². The number of unbranched alkanes of at least 4 members (excludes halogenated alkanes) is 1. The van der Waals surface area contributed by atoms with Crippen molar-refractivity contribution in [3.8, 4) is 0 Å². The summed E-state index contributed by atoms with van der Waals surface area (Å²) < 4.78 is 18.8. The molecule has 3 amide bonds. The van der Waals surface area contributed by atoms with Crippen LogP contribution in [-0.2, 0) is 39.9 Å². The van der Waals surface area contributed by atoms with Crippen LogP contribution in [0.15, 0.2) is 24.3 Å². The molecule has 0 aliphatic rings. The Hall–Kier alpha value is -3.81. The Morgan fingerprint density at radius 2 is 1.43 bits per heavy atom. The van der Waals surface area contributed by atoms with E-state index in [4.69, 9.17) is 4.74 Å². The average Bonchev–Trinajstić information content (AvgIpc) is 3.06. The summed E-state index contributed by atoms with van der Waals surface area (Å²) in [6, 6.07) is 3.24. The molecule has 1 aromatic carbocycles. The second kappa shape index (κ2) is 24.6. The molecule has 0 spiro atoms. The summed E-state index contributed by atoms with van der Waals surface area (Å²) in [6.07, 6.45) is 2.71. The van der Waals surface area contributed by atoms with Gasteiger partial charge in [0.2, 0.25) is 11.8 Å². The zero-order valence-electron chi connectivity index (χ0n) is 33.3. The number of ether oxygens (including phenoxy) is 1. The number of carboxylic acid groups (broad SMARTS) is 1. The zero-order valence-corrected chi connectivity index (χ0v) is 34.1. The maximum Gasteiger partial charge on any atom is 0.407 e. The number of benzene rings is 1. The van der Waals surface area contributed by atoms with Gasteiger partial charge in [-0.15, -0.1) is 0 Å². The third-order valence-electron chi connectivity index (χ3n) is 8.77. The largest absolute Gasteiger partial charge is 0.480 e. The first-order valence-electron chi connectivity index (χ1n) is 18.8. The number of hydrogen-bond acceptors (Lipinski definition) is 9. The number of carboxylic acids is 1. The summed E-state index contributed by atoms with van der Waals surface area (Å²) in [5, 5.41) is 17.8. The molecule has 1 rings (SSSR count). The molecule has 0 aliphatic carbocycles. The fraction of sp³-hybridized carbons (Fsp3) is 0.675. The van der Waals surface area contributed by atoms with E-state index < -0.39 is 65.0 Å². The van der Waals surface area contributed by atoms with Gasteiger partial charge in [0.1, 0.15) is 29.0 Å². The van der Waals surface area contributed by atoms with Crippen LogP contribution in [0.5, 0.6) is 0 Å². The monoisotopic (exact) mass is 779 g/mol. The summed E-state index contributed by atoms with van der Waals surface area (Å²) in [4.78, 5) is 90.4. The highest BCUT2D eigenvalue weighted by Gasteiger charge is 2.32. The Morgan fingerprint density at radius 3 is 1.98 bits per heavy atom. The van der Waals surface area contributed by atoms with Gasteiger partial charge in [-0.2, -0.15) is 11.8 Å². The van der Waals surface area contributed by atoms with Gasteiger partial charge in [0.15, 0.2) is 5.78 Å². The molecule has 0 fully saturated rings. The third kappa shape index (κ3) is 20.6. The number of aliphatic carboxylic acids is 1. The van der Waals surface area contributed by atoms with Gasteiger partial charge in [0.05, 0.1) is 6.04 Å². The molecule has 0 radical (unpaired) electrons. The van der Waals surface area contributed by atoms with Gasteiger partial charge >= 0.3 is 12.1 Å². The van der Waals surface area contributed by atoms with Crippen molar-refractivity contribution in [2.75, 3.05) is 18.6 Å². The van der Waals surface area contributed by atoms with Crippen molar-refractivity contribution in [2.24, 2.45) is 23.7 Å². The lowest BCUT2D eigenvalue weighted by atomic mass is 9.86. The smallest absolute Gasteiger partial charge is 0.407 e. The van der Waals surface area contributed by atoms with Gasteiger partial charge in [-0.3, -0.25) is 19.2 Å². The molecule has 0 aliphatic heterocycles. The van der Waals surface area contributed by atoms with Crippen LogP contribution < -0.4 is 16.0 Å². The van der Waals surface area contributed by atoms with E-state index in [0.29, 0.717) is 30.6 Å². The van der Waals surface area contributed by atoms with Gasteiger partial charge in [0, 0.05) is 43.6 Å². The molecule has 0 saturated heterocycles. The molecule has 0 heterocycles. The minimum absolute atomic E-state index is 0.0186. The Balaban J connectivity index is 3.14. The topological polar surface area (TPSA) is 185 Å². The predicted octanol–water partition coefficient (Wildman–Crippen LogP) is 6.07. The highest BCUT2D eigenvalue weighted by Crippen LogP contribution is 2.22. The Kier molecular flexibility index (Phi) is 21.9. The summed E-state index contributed by atoms with van der Waals surface area (Å²) >= 11 is 1.45. The second-order valence-electron chi connectivity index (χ2n) is 15.5. The summed E-state index contributed by atoms with van der Waals surface area (Å²) in [5.74, 6) is -5.01. The highest BCUT2D eigenvalue weighted by molar-refractivity contribution is 7.98. The lowest BCUT2D eigenvalue weighted by Gasteiger charge is -2.25. The molecule has 54 heavy (non-hydrogen) atoms. The van der Waals surface area contributed by atoms with Gasteiger partial charge in [-0.1, -0.05) is 32.9 Å². The van der Waals surface area contributed by atoms with Crippen LogP contribution in [0.2, 0.25) is 0 Å². The molecule has 5 atom stereocenters. The predicted molar refractivity (Wildman–Crippen MR) is 207 cm³/mol. The van der Waals surface area contributed by atoms with E-state index in [1.807, 2.05) is 27.0 Å². The van der Waals surface area contributed by atoms with Crippen molar-refractivity contribution >= 4 is 53.0 Å². The number of alkyl carbamates (subject to hydrolysis) is 1. The number of hydrogen-bond donors (Lipinski definition) is 4. The summed E-state index contributed by atoms with van der Waals surface area (Å²) in [7, 11) is 0. The van der Waals surface area contributed by atoms with Crippen LogP contribution in [0, 0.1) is 29.5 Å². The van der Waals surface area contributed by atoms with Crippen LogP contribution in [0.4, 0.5) is 9.18 Å². The lowest BCUT2D eigenvalue weighted by Crippen LogP contribution is -2.47. The van der Waals surface area contributed by atoms with Crippen molar-refractivity contribution in [3.63, 3.8) is 0 Å². The van der Waals surface area contributed by atoms with Crippen LogP contribution >= 0.6 is 11.8 Å². The van der Waals surface area contributed by atoms with E-state index >= 15 is 0 Å². The Bertz CT molecular complexity index is 1400. The minimum atomic E-state index is -1.24. The zero-order chi connectivity index (χ0) is 41.0. The normalized spacial score (nSPS) is 14.3. The minimum Gasteiger partial charge on any atom is -0.480 e. The molecule has 0 aromatic heterocycles. The molecule has 1 aromatic rings. The maximum atomic E-state index is 13.9. The Morgan fingerprint density at radius 1 is 0.833 bits per heavy atom. The second-order valence-corrected chi connectivity index (χ2v) is 16.5. The van der Waals surface area contributed by atoms with Crippen LogP contribution in [-0.4, -0.2) is 82.6 Å². The SMILES string of the molecule is CSCC[C@H](CC(=O)[C@H](CCC(C)=O)NC(=O)[C@@H](CC(=O)C(C)CC(C)C)Cc1ccc(F)cc1)C(=O)N[C@@H](CCCCNC(=O)OC(C)(C)C)C(=O)O. The van der Waals surface area contributed by atoms with Crippen molar-refractivity contribution in [1.29, 1.82) is 0 Å². The molecule has 0 saturated carbocycles. The molecule has 1 unspecified atom stereocenters. The number of halogens is 1. The summed E-state index contributed by atoms with van der Waals surface area (Å²) in [5.41, 5.74) is -0.0240. The standard InChI is InChI=1S/C40H62FN3O9S/c1-25(2)21-26(3)34(46)24-30(22-28-13-15-31(41)16-14-28)37(49)43-32(17-12-27(4)45)35(47)23-29(18-20-54-8)36(48)44-33(38(50)51)11-9-10-19-42-39(52)53-40(5,6)7/h13-16,25-26,29-30,32-33H,9-12,17-24H2,1-8H3,(H,42,52)(H,43,49)(H,44,48)(H,50,51)/t26?,29-,30-,32+,33+/m1/s1. The number of rotatable bonds is 26. The van der Waals surface area contributed by atoms with Crippen molar-refractivity contribution in [1.82, 2.24) is 16.0 Å². The molecule has 304 valence electrons. The average molecular weight is 780 g/mol. The summed E-state index contributed by atoms with van der Waals surface area (Å²) in [6.45, 7) is 12.6. The fourth-order valence-corrected chi connectivity index (χ4v) is 6.41. The molecular formula is C40H62FN3O9S. The molecule has 4 N–H and O–H groups in total. The van der Waals surface area contributed by atoms with E-state index in [0.717, 1.165) is 0 Å². The van der Waals surface area contributed by atoms with Crippen LogP contribution in [0.25, 0.3) is 0 Å². The number of ketones is 3. The van der Waals surface area contributed by atoms with Gasteiger partial charge in [0.25, 0.3) is 0 Å². The van der Waals surface area contributed by atoms with E-state index in [2.05, 4.69) is 16.0 Å². The number of amides is 3. The highest BCUT2D eigenvalue weighted by atomic mass is 32.2. The third-order valence-corrected chi connectivity index (χ3v) is 9.41.